The highest BCUT2D eigenvalue weighted by Gasteiger charge is 2.25. The van der Waals surface area contributed by atoms with Crippen molar-refractivity contribution in [3.05, 3.63) is 0 Å². The quantitative estimate of drug-likeness (QED) is 0.648. The van der Waals surface area contributed by atoms with E-state index < -0.39 is 5.60 Å². The molecule has 2 heteroatoms. The molecule has 1 saturated heterocycles. The van der Waals surface area contributed by atoms with E-state index in [9.17, 15) is 5.11 Å². The van der Waals surface area contributed by atoms with Crippen LogP contribution in [0.1, 0.15) is 40.0 Å². The first kappa shape index (κ1) is 10.0. The largest absolute Gasteiger partial charge is 0.390 e. The highest BCUT2D eigenvalue weighted by molar-refractivity contribution is 4.80. The number of likely N-dealkylation sites (tertiary alicyclic amines) is 1. The van der Waals surface area contributed by atoms with Gasteiger partial charge in [0.2, 0.25) is 0 Å². The molecule has 1 aliphatic heterocycles. The van der Waals surface area contributed by atoms with Crippen LogP contribution in [0.15, 0.2) is 0 Å². The lowest BCUT2D eigenvalue weighted by atomic mass is 9.98. The lowest BCUT2D eigenvalue weighted by Gasteiger charge is -2.25. The van der Waals surface area contributed by atoms with E-state index in [0.29, 0.717) is 6.04 Å². The normalized spacial score (nSPS) is 33.8. The van der Waals surface area contributed by atoms with Crippen molar-refractivity contribution in [2.24, 2.45) is 0 Å². The summed E-state index contributed by atoms with van der Waals surface area (Å²) < 4.78 is 0. The first-order valence-electron chi connectivity index (χ1n) is 4.98. The predicted molar refractivity (Wildman–Crippen MR) is 51.2 cm³/mol. The molecule has 0 aromatic rings. The standard InChI is InChI=1S/C10H21NO/c1-9(2)11-7-4-5-10(3,12)6-8-11/h9,12H,4-8H2,1-3H3/t10-/m0/s1. The van der Waals surface area contributed by atoms with Gasteiger partial charge >= 0.3 is 0 Å². The van der Waals surface area contributed by atoms with Crippen molar-refractivity contribution in [3.8, 4) is 0 Å². The summed E-state index contributed by atoms with van der Waals surface area (Å²) in [6.07, 6.45) is 3.01. The lowest BCUT2D eigenvalue weighted by molar-refractivity contribution is 0.0437. The van der Waals surface area contributed by atoms with E-state index in [1.807, 2.05) is 6.92 Å². The van der Waals surface area contributed by atoms with Crippen LogP contribution in [0.2, 0.25) is 0 Å². The Kier molecular flexibility index (Phi) is 3.13. The summed E-state index contributed by atoms with van der Waals surface area (Å²) in [5.74, 6) is 0. The van der Waals surface area contributed by atoms with Crippen LogP contribution < -0.4 is 0 Å². The molecular formula is C10H21NO. The third kappa shape index (κ3) is 2.76. The third-order valence-electron chi connectivity index (χ3n) is 2.83. The Morgan fingerprint density at radius 2 is 1.92 bits per heavy atom. The summed E-state index contributed by atoms with van der Waals surface area (Å²) in [6, 6.07) is 0.624. The second-order valence-corrected chi connectivity index (χ2v) is 4.48. The van der Waals surface area contributed by atoms with Gasteiger partial charge in [-0.05, 0) is 46.6 Å². The van der Waals surface area contributed by atoms with Gasteiger partial charge in [0.05, 0.1) is 5.60 Å². The van der Waals surface area contributed by atoms with Crippen LogP contribution in [0.3, 0.4) is 0 Å². The zero-order chi connectivity index (χ0) is 9.19. The Hall–Kier alpha value is -0.0800. The maximum absolute atomic E-state index is 9.83. The van der Waals surface area contributed by atoms with Crippen LogP contribution in [0.5, 0.6) is 0 Å². The first-order chi connectivity index (χ1) is 5.51. The second-order valence-electron chi connectivity index (χ2n) is 4.48. The number of nitrogens with zero attached hydrogens (tertiary/aromatic N) is 1. The molecule has 2 nitrogen and oxygen atoms in total. The molecule has 0 saturated carbocycles. The van der Waals surface area contributed by atoms with Gasteiger partial charge in [0, 0.05) is 12.6 Å². The molecule has 1 atom stereocenters. The second kappa shape index (κ2) is 3.75. The number of hydrogen-bond acceptors (Lipinski definition) is 2. The topological polar surface area (TPSA) is 23.5 Å². The molecule has 1 N–H and O–H groups in total. The molecule has 0 aromatic heterocycles. The van der Waals surface area contributed by atoms with Gasteiger partial charge in [-0.25, -0.2) is 0 Å². The third-order valence-corrected chi connectivity index (χ3v) is 2.83. The monoisotopic (exact) mass is 171 g/mol. The molecule has 0 amide bonds. The molecule has 1 fully saturated rings. The Morgan fingerprint density at radius 3 is 2.50 bits per heavy atom. The highest BCUT2D eigenvalue weighted by atomic mass is 16.3. The van der Waals surface area contributed by atoms with Gasteiger partial charge in [0.15, 0.2) is 0 Å². The van der Waals surface area contributed by atoms with Gasteiger partial charge in [0.1, 0.15) is 0 Å². The van der Waals surface area contributed by atoms with Crippen LogP contribution in [0.4, 0.5) is 0 Å². The van der Waals surface area contributed by atoms with E-state index >= 15 is 0 Å². The molecule has 0 radical (unpaired) electrons. The van der Waals surface area contributed by atoms with Crippen molar-refractivity contribution >= 4 is 0 Å². The van der Waals surface area contributed by atoms with E-state index in [2.05, 4.69) is 18.7 Å². The van der Waals surface area contributed by atoms with Gasteiger partial charge in [-0.15, -0.1) is 0 Å². The molecule has 1 aliphatic rings. The van der Waals surface area contributed by atoms with Crippen LogP contribution in [0.25, 0.3) is 0 Å². The minimum atomic E-state index is -0.413. The molecule has 1 heterocycles. The fourth-order valence-corrected chi connectivity index (χ4v) is 1.80. The van der Waals surface area contributed by atoms with Crippen molar-refractivity contribution in [2.45, 2.75) is 51.7 Å². The van der Waals surface area contributed by atoms with Gasteiger partial charge < -0.3 is 10.0 Å². The minimum Gasteiger partial charge on any atom is -0.390 e. The Balaban J connectivity index is 2.45. The Morgan fingerprint density at radius 1 is 1.25 bits per heavy atom. The summed E-state index contributed by atoms with van der Waals surface area (Å²) in [5, 5.41) is 9.83. The summed E-state index contributed by atoms with van der Waals surface area (Å²) in [4.78, 5) is 2.45. The fraction of sp³-hybridized carbons (Fsp3) is 1.00. The zero-order valence-corrected chi connectivity index (χ0v) is 8.51. The van der Waals surface area contributed by atoms with Gasteiger partial charge in [0.25, 0.3) is 0 Å². The number of hydrogen-bond donors (Lipinski definition) is 1. The molecular weight excluding hydrogens is 150 g/mol. The molecule has 0 spiro atoms. The van der Waals surface area contributed by atoms with Crippen LogP contribution in [-0.2, 0) is 0 Å². The summed E-state index contributed by atoms with van der Waals surface area (Å²) in [6.45, 7) is 8.59. The van der Waals surface area contributed by atoms with Gasteiger partial charge in [-0.3, -0.25) is 0 Å². The molecule has 0 bridgehead atoms. The summed E-state index contributed by atoms with van der Waals surface area (Å²) in [7, 11) is 0. The van der Waals surface area contributed by atoms with Crippen molar-refractivity contribution in [1.29, 1.82) is 0 Å². The van der Waals surface area contributed by atoms with Crippen LogP contribution in [0, 0.1) is 0 Å². The number of rotatable bonds is 1. The molecule has 72 valence electrons. The minimum absolute atomic E-state index is 0.413. The maximum Gasteiger partial charge on any atom is 0.0632 e. The number of aliphatic hydroxyl groups is 1. The van der Waals surface area contributed by atoms with Crippen LogP contribution in [-0.4, -0.2) is 34.7 Å². The summed E-state index contributed by atoms with van der Waals surface area (Å²) in [5.41, 5.74) is -0.413. The van der Waals surface area contributed by atoms with Gasteiger partial charge in [-0.2, -0.15) is 0 Å². The predicted octanol–water partition coefficient (Wildman–Crippen LogP) is 1.63. The maximum atomic E-state index is 9.83. The highest BCUT2D eigenvalue weighted by Crippen LogP contribution is 2.22. The van der Waals surface area contributed by atoms with Crippen LogP contribution >= 0.6 is 0 Å². The SMILES string of the molecule is CC(C)N1CCC[C@](C)(O)CC1. The van der Waals surface area contributed by atoms with Crippen molar-refractivity contribution in [2.75, 3.05) is 13.1 Å². The summed E-state index contributed by atoms with van der Waals surface area (Å²) >= 11 is 0. The van der Waals surface area contributed by atoms with Gasteiger partial charge in [-0.1, -0.05) is 0 Å². The molecule has 0 aromatic carbocycles. The smallest absolute Gasteiger partial charge is 0.0632 e. The molecule has 12 heavy (non-hydrogen) atoms. The van der Waals surface area contributed by atoms with E-state index in [0.717, 1.165) is 32.4 Å². The van der Waals surface area contributed by atoms with E-state index in [1.54, 1.807) is 0 Å². The molecule has 0 unspecified atom stereocenters. The molecule has 0 aliphatic carbocycles. The van der Waals surface area contributed by atoms with Crippen molar-refractivity contribution in [3.63, 3.8) is 0 Å². The average molecular weight is 171 g/mol. The lowest BCUT2D eigenvalue weighted by Crippen LogP contribution is -2.33. The first-order valence-corrected chi connectivity index (χ1v) is 4.98. The zero-order valence-electron chi connectivity index (χ0n) is 8.51. The average Bonchev–Trinajstić information content (AvgIpc) is 2.10. The molecule has 1 rings (SSSR count). The van der Waals surface area contributed by atoms with E-state index in [-0.39, 0.29) is 0 Å². The Bertz CT molecular complexity index is 143. The fourth-order valence-electron chi connectivity index (χ4n) is 1.80. The van der Waals surface area contributed by atoms with E-state index in [4.69, 9.17) is 0 Å². The Labute approximate surface area is 75.6 Å². The van der Waals surface area contributed by atoms with E-state index in [1.165, 1.54) is 0 Å². The van der Waals surface area contributed by atoms with Crippen molar-refractivity contribution < 1.29 is 5.11 Å². The van der Waals surface area contributed by atoms with Crippen molar-refractivity contribution in [1.82, 2.24) is 4.90 Å².